The average Bonchev–Trinajstić information content (AvgIpc) is 2.94. The van der Waals surface area contributed by atoms with Crippen LogP contribution in [0.25, 0.3) is 5.65 Å². The molecule has 9 nitrogen and oxygen atoms in total. The molecule has 1 amide bonds. The summed E-state index contributed by atoms with van der Waals surface area (Å²) in [7, 11) is 2.13. The molecule has 1 N–H and O–H groups in total. The number of hydrogen-bond acceptors (Lipinski definition) is 7. The summed E-state index contributed by atoms with van der Waals surface area (Å²) < 4.78 is 13.6. The predicted octanol–water partition coefficient (Wildman–Crippen LogP) is 5.38. The van der Waals surface area contributed by atoms with Crippen LogP contribution in [0.4, 0.5) is 10.6 Å². The molecule has 0 radical (unpaired) electrons. The van der Waals surface area contributed by atoms with Crippen molar-refractivity contribution < 1.29 is 14.3 Å². The van der Waals surface area contributed by atoms with E-state index in [-0.39, 0.29) is 17.7 Å². The van der Waals surface area contributed by atoms with Gasteiger partial charge in [-0.15, -0.1) is 0 Å². The molecule has 0 aliphatic carbocycles. The quantitative estimate of drug-likeness (QED) is 0.393. The zero-order valence-corrected chi connectivity index (χ0v) is 25.9. The van der Waals surface area contributed by atoms with Crippen LogP contribution in [0, 0.1) is 5.92 Å². The average molecular weight is 627 g/mol. The first kappa shape index (κ1) is 29.4. The second kappa shape index (κ2) is 12.4. The fraction of sp³-hybridized carbons (Fsp3) is 0.516. The van der Waals surface area contributed by atoms with Crippen molar-refractivity contribution in [3.63, 3.8) is 0 Å². The van der Waals surface area contributed by atoms with Crippen LogP contribution in [0.15, 0.2) is 57.9 Å². The Bertz CT molecular complexity index is 1410. The summed E-state index contributed by atoms with van der Waals surface area (Å²) in [5.41, 5.74) is 1.29. The summed E-state index contributed by atoms with van der Waals surface area (Å²) in [5, 5.41) is 3.53. The maximum absolute atomic E-state index is 12.8. The Hall–Kier alpha value is -3.11. The van der Waals surface area contributed by atoms with E-state index in [0.29, 0.717) is 47.5 Å². The van der Waals surface area contributed by atoms with Crippen LogP contribution in [-0.4, -0.2) is 76.8 Å². The summed E-state index contributed by atoms with van der Waals surface area (Å²) in [6, 6.07) is 14.1. The standard InChI is InChI=1S/C31H40BrN5O4/c1-31(2,3)41-30(39)36-15-12-21(13-16-36)20-40-25-10-8-22(9-11-25)23-17-24(19-35(4)18-23)33-28-27(32)29(38)37-14-6-5-7-26(37)34-28/h5-11,14,21,23-24,33H,12-13,15-20H2,1-4H3/t23-,24+/m0/s1. The third kappa shape index (κ3) is 7.40. The predicted molar refractivity (Wildman–Crippen MR) is 164 cm³/mol. The van der Waals surface area contributed by atoms with E-state index < -0.39 is 5.60 Å². The van der Waals surface area contributed by atoms with Crippen molar-refractivity contribution in [1.82, 2.24) is 19.2 Å². The fourth-order valence-corrected chi connectivity index (χ4v) is 6.08. The monoisotopic (exact) mass is 625 g/mol. The molecule has 1 aromatic carbocycles. The number of likely N-dealkylation sites (N-methyl/N-ethyl adjacent to an activating group) is 1. The molecule has 2 atom stereocenters. The van der Waals surface area contributed by atoms with E-state index in [9.17, 15) is 9.59 Å². The van der Waals surface area contributed by atoms with Crippen LogP contribution in [0.3, 0.4) is 0 Å². The van der Waals surface area contributed by atoms with Crippen molar-refractivity contribution >= 4 is 33.5 Å². The molecule has 5 rings (SSSR count). The molecule has 2 aliphatic heterocycles. The van der Waals surface area contributed by atoms with E-state index in [1.807, 2.05) is 39.0 Å². The van der Waals surface area contributed by atoms with Gasteiger partial charge in [-0.2, -0.15) is 0 Å². The minimum Gasteiger partial charge on any atom is -0.493 e. The number of piperidine rings is 2. The molecule has 0 spiro atoms. The smallest absolute Gasteiger partial charge is 0.410 e. The Balaban J connectivity index is 1.14. The first-order chi connectivity index (χ1) is 19.6. The SMILES string of the molecule is CN1C[C@H](Nc2nc3ccccn3c(=O)c2Br)C[C@H](c2ccc(OCC3CCN(C(=O)OC(C)(C)C)CC3)cc2)C1. The number of rotatable bonds is 6. The molecule has 220 valence electrons. The second-order valence-corrected chi connectivity index (χ2v) is 13.1. The van der Waals surface area contributed by atoms with Gasteiger partial charge in [0.2, 0.25) is 0 Å². The number of ether oxygens (including phenoxy) is 2. The number of aromatic nitrogens is 2. The van der Waals surface area contributed by atoms with E-state index in [4.69, 9.17) is 14.5 Å². The van der Waals surface area contributed by atoms with Gasteiger partial charge in [0.25, 0.3) is 5.56 Å². The van der Waals surface area contributed by atoms with Crippen molar-refractivity contribution in [1.29, 1.82) is 0 Å². The minimum absolute atomic E-state index is 0.122. The van der Waals surface area contributed by atoms with Crippen LogP contribution < -0.4 is 15.6 Å². The normalized spacial score (nSPS) is 20.7. The number of carbonyl (C=O) groups is 1. The third-order valence-corrected chi connectivity index (χ3v) is 8.47. The van der Waals surface area contributed by atoms with Gasteiger partial charge in [0, 0.05) is 38.4 Å². The van der Waals surface area contributed by atoms with Gasteiger partial charge in [-0.1, -0.05) is 18.2 Å². The summed E-state index contributed by atoms with van der Waals surface area (Å²) in [6.45, 7) is 9.56. The molecule has 4 heterocycles. The van der Waals surface area contributed by atoms with Crippen LogP contribution in [0.1, 0.15) is 51.5 Å². The van der Waals surface area contributed by atoms with E-state index in [2.05, 4.69) is 57.5 Å². The first-order valence-corrected chi connectivity index (χ1v) is 15.2. The number of likely N-dealkylation sites (tertiary alicyclic amines) is 2. The highest BCUT2D eigenvalue weighted by Crippen LogP contribution is 2.30. The largest absolute Gasteiger partial charge is 0.493 e. The molecule has 2 aliphatic rings. The first-order valence-electron chi connectivity index (χ1n) is 14.4. The summed E-state index contributed by atoms with van der Waals surface area (Å²) in [6.07, 6.45) is 4.26. The Morgan fingerprint density at radius 3 is 2.54 bits per heavy atom. The van der Waals surface area contributed by atoms with Gasteiger partial charge in [-0.3, -0.25) is 9.20 Å². The lowest BCUT2D eigenvalue weighted by Crippen LogP contribution is -2.43. The number of carbonyl (C=O) groups excluding carboxylic acids is 1. The lowest BCUT2D eigenvalue weighted by Gasteiger charge is -2.36. The van der Waals surface area contributed by atoms with E-state index in [1.165, 1.54) is 5.56 Å². The van der Waals surface area contributed by atoms with E-state index in [1.54, 1.807) is 15.5 Å². The van der Waals surface area contributed by atoms with Crippen molar-refractivity contribution in [3.05, 3.63) is 69.1 Å². The molecular weight excluding hydrogens is 586 g/mol. The van der Waals surface area contributed by atoms with Gasteiger partial charge in [0.05, 0.1) is 6.61 Å². The Labute approximate surface area is 250 Å². The van der Waals surface area contributed by atoms with Crippen molar-refractivity contribution in [2.24, 2.45) is 5.92 Å². The van der Waals surface area contributed by atoms with Gasteiger partial charge < -0.3 is 24.6 Å². The van der Waals surface area contributed by atoms with Gasteiger partial charge in [-0.25, -0.2) is 9.78 Å². The van der Waals surface area contributed by atoms with Crippen molar-refractivity contribution in [2.75, 3.05) is 45.2 Å². The third-order valence-electron chi connectivity index (χ3n) is 7.76. The van der Waals surface area contributed by atoms with Crippen molar-refractivity contribution in [2.45, 2.75) is 57.6 Å². The molecule has 2 aromatic heterocycles. The van der Waals surface area contributed by atoms with Gasteiger partial charge in [0.15, 0.2) is 0 Å². The lowest BCUT2D eigenvalue weighted by molar-refractivity contribution is 0.0165. The summed E-state index contributed by atoms with van der Waals surface area (Å²) in [4.78, 5) is 33.9. The molecule has 0 unspecified atom stereocenters. The van der Waals surface area contributed by atoms with Gasteiger partial charge in [0.1, 0.15) is 27.3 Å². The Morgan fingerprint density at radius 1 is 1.10 bits per heavy atom. The van der Waals surface area contributed by atoms with Crippen molar-refractivity contribution in [3.8, 4) is 5.75 Å². The number of anilines is 1. The fourth-order valence-electron chi connectivity index (χ4n) is 5.68. The number of hydrogen-bond donors (Lipinski definition) is 1. The number of halogens is 1. The van der Waals surface area contributed by atoms with Gasteiger partial charge >= 0.3 is 6.09 Å². The van der Waals surface area contributed by atoms with E-state index in [0.717, 1.165) is 38.1 Å². The van der Waals surface area contributed by atoms with Crippen LogP contribution in [0.5, 0.6) is 5.75 Å². The molecule has 3 aromatic rings. The Kier molecular flexibility index (Phi) is 8.89. The number of amides is 1. The number of fused-ring (bicyclic) bond motifs is 1. The lowest BCUT2D eigenvalue weighted by atomic mass is 9.88. The number of benzene rings is 1. The highest BCUT2D eigenvalue weighted by Gasteiger charge is 2.29. The molecule has 0 saturated carbocycles. The second-order valence-electron chi connectivity index (χ2n) is 12.3. The number of nitrogens with zero attached hydrogens (tertiary/aromatic N) is 4. The molecule has 2 fully saturated rings. The maximum Gasteiger partial charge on any atom is 0.410 e. The summed E-state index contributed by atoms with van der Waals surface area (Å²) in [5.74, 6) is 2.22. The van der Waals surface area contributed by atoms with Crippen LogP contribution >= 0.6 is 15.9 Å². The highest BCUT2D eigenvalue weighted by atomic mass is 79.9. The number of pyridine rings is 1. The topological polar surface area (TPSA) is 88.4 Å². The van der Waals surface area contributed by atoms with Crippen LogP contribution in [-0.2, 0) is 4.74 Å². The zero-order chi connectivity index (χ0) is 29.1. The van der Waals surface area contributed by atoms with Crippen LogP contribution in [0.2, 0.25) is 0 Å². The molecule has 0 bridgehead atoms. The van der Waals surface area contributed by atoms with E-state index >= 15 is 0 Å². The minimum atomic E-state index is -0.472. The van der Waals surface area contributed by atoms with Gasteiger partial charge in [-0.05, 0) is 105 Å². The maximum atomic E-state index is 12.8. The molecular formula is C31H40BrN5O4. The Morgan fingerprint density at radius 2 is 1.83 bits per heavy atom. The molecule has 10 heteroatoms. The molecule has 2 saturated heterocycles. The highest BCUT2D eigenvalue weighted by molar-refractivity contribution is 9.10. The number of nitrogens with one attached hydrogen (secondary N) is 1. The zero-order valence-electron chi connectivity index (χ0n) is 24.3. The molecule has 41 heavy (non-hydrogen) atoms. The summed E-state index contributed by atoms with van der Waals surface area (Å²) >= 11 is 3.47.